The second kappa shape index (κ2) is 3.90. The van der Waals surface area contributed by atoms with Crippen LogP contribution in [0.4, 0.5) is 0 Å². The molecule has 1 aromatic carbocycles. The number of aromatic nitrogens is 1. The lowest BCUT2D eigenvalue weighted by molar-refractivity contribution is 0.367. The maximum absolute atomic E-state index is 5.88. The van der Waals surface area contributed by atoms with E-state index >= 15 is 0 Å². The van der Waals surface area contributed by atoms with Gasteiger partial charge in [-0.05, 0) is 23.4 Å². The molecule has 3 nitrogen and oxygen atoms in total. The van der Waals surface area contributed by atoms with E-state index in [2.05, 4.69) is 9.68 Å². The molecule has 0 aliphatic carbocycles. The summed E-state index contributed by atoms with van der Waals surface area (Å²) < 4.78 is 9.91. The number of benzene rings is 1. The van der Waals surface area contributed by atoms with Crippen LogP contribution in [0.1, 0.15) is 0 Å². The van der Waals surface area contributed by atoms with E-state index in [9.17, 15) is 0 Å². The Balaban J connectivity index is 2.25. The monoisotopic (exact) mass is 229 g/mol. The van der Waals surface area contributed by atoms with Crippen LogP contribution in [0.2, 0.25) is 10.0 Å². The summed E-state index contributed by atoms with van der Waals surface area (Å²) in [5.74, 6) is 0.846. The van der Waals surface area contributed by atoms with Gasteiger partial charge >= 0.3 is 0 Å². The number of nitrogens with zero attached hydrogens (tertiary/aromatic N) is 1. The van der Waals surface area contributed by atoms with Crippen molar-refractivity contribution in [1.29, 1.82) is 0 Å². The average molecular weight is 230 g/mol. The molecule has 0 saturated carbocycles. The van der Waals surface area contributed by atoms with E-state index in [0.29, 0.717) is 21.7 Å². The summed E-state index contributed by atoms with van der Waals surface area (Å²) in [5.41, 5.74) is 0. The summed E-state index contributed by atoms with van der Waals surface area (Å²) in [6.07, 6.45) is 1.42. The van der Waals surface area contributed by atoms with Gasteiger partial charge in [-0.1, -0.05) is 23.2 Å². The van der Waals surface area contributed by atoms with Gasteiger partial charge in [0.2, 0.25) is 0 Å². The molecule has 0 aliphatic heterocycles. The van der Waals surface area contributed by atoms with Crippen molar-refractivity contribution in [3.63, 3.8) is 0 Å². The second-order valence-corrected chi connectivity index (χ2v) is 3.36. The fourth-order valence-electron chi connectivity index (χ4n) is 0.925. The normalized spacial score (nSPS) is 10.1. The first-order valence-corrected chi connectivity index (χ1v) is 4.54. The van der Waals surface area contributed by atoms with E-state index < -0.39 is 0 Å². The summed E-state index contributed by atoms with van der Waals surface area (Å²) in [6.45, 7) is 0. The molecule has 0 radical (unpaired) electrons. The van der Waals surface area contributed by atoms with Gasteiger partial charge in [-0.3, -0.25) is 0 Å². The Morgan fingerprint density at radius 3 is 2.71 bits per heavy atom. The molecule has 2 aromatic rings. The Kier molecular flexibility index (Phi) is 2.61. The van der Waals surface area contributed by atoms with Crippen molar-refractivity contribution in [2.75, 3.05) is 0 Å². The fraction of sp³-hybridized carbons (Fsp3) is 0. The van der Waals surface area contributed by atoms with Gasteiger partial charge in [0, 0.05) is 11.1 Å². The number of hydrogen-bond donors (Lipinski definition) is 0. The first-order valence-electron chi connectivity index (χ1n) is 3.79. The van der Waals surface area contributed by atoms with Gasteiger partial charge in [0.1, 0.15) is 12.0 Å². The van der Waals surface area contributed by atoms with Crippen LogP contribution in [0.15, 0.2) is 35.1 Å². The van der Waals surface area contributed by atoms with E-state index in [0.717, 1.165) is 0 Å². The van der Waals surface area contributed by atoms with Crippen molar-refractivity contribution in [3.8, 4) is 11.6 Å². The number of hydrogen-bond acceptors (Lipinski definition) is 3. The van der Waals surface area contributed by atoms with E-state index in [-0.39, 0.29) is 0 Å². The number of ether oxygens (including phenoxy) is 1. The third-order valence-corrected chi connectivity index (χ3v) is 2.05. The highest BCUT2D eigenvalue weighted by Crippen LogP contribution is 2.30. The summed E-state index contributed by atoms with van der Waals surface area (Å²) in [7, 11) is 0. The smallest absolute Gasteiger partial charge is 0.259 e. The topological polar surface area (TPSA) is 35.3 Å². The second-order valence-electron chi connectivity index (χ2n) is 2.51. The van der Waals surface area contributed by atoms with Crippen LogP contribution in [-0.2, 0) is 0 Å². The Morgan fingerprint density at radius 2 is 2.07 bits per heavy atom. The molecule has 14 heavy (non-hydrogen) atoms. The maximum Gasteiger partial charge on any atom is 0.259 e. The van der Waals surface area contributed by atoms with E-state index in [4.69, 9.17) is 27.9 Å². The molecule has 2 rings (SSSR count). The van der Waals surface area contributed by atoms with Crippen molar-refractivity contribution in [3.05, 3.63) is 40.6 Å². The summed E-state index contributed by atoms with van der Waals surface area (Å²) in [4.78, 5) is 0. The van der Waals surface area contributed by atoms with Crippen molar-refractivity contribution in [2.45, 2.75) is 0 Å². The van der Waals surface area contributed by atoms with Crippen LogP contribution in [0, 0.1) is 0 Å². The van der Waals surface area contributed by atoms with Crippen LogP contribution in [0.3, 0.4) is 0 Å². The molecule has 0 bridgehead atoms. The molecule has 0 atom stereocenters. The minimum Gasteiger partial charge on any atom is -0.435 e. The SMILES string of the molecule is Clc1ccc(Oc2ccon2)c(Cl)c1. The molecule has 72 valence electrons. The molecule has 0 fully saturated rings. The van der Waals surface area contributed by atoms with Crippen molar-refractivity contribution < 1.29 is 9.26 Å². The van der Waals surface area contributed by atoms with E-state index in [1.54, 1.807) is 24.3 Å². The van der Waals surface area contributed by atoms with Crippen LogP contribution in [-0.4, -0.2) is 5.16 Å². The predicted octanol–water partition coefficient (Wildman–Crippen LogP) is 3.77. The van der Waals surface area contributed by atoms with Gasteiger partial charge in [-0.15, -0.1) is 0 Å². The summed E-state index contributed by atoms with van der Waals surface area (Å²) in [5, 5.41) is 4.58. The lowest BCUT2D eigenvalue weighted by Gasteiger charge is -2.03. The van der Waals surface area contributed by atoms with Crippen LogP contribution < -0.4 is 4.74 Å². The largest absolute Gasteiger partial charge is 0.435 e. The lowest BCUT2D eigenvalue weighted by atomic mass is 10.3. The quantitative estimate of drug-likeness (QED) is 0.787. The molecule has 1 aromatic heterocycles. The lowest BCUT2D eigenvalue weighted by Crippen LogP contribution is -1.84. The first-order chi connectivity index (χ1) is 6.75. The highest BCUT2D eigenvalue weighted by Gasteiger charge is 2.05. The van der Waals surface area contributed by atoms with Gasteiger partial charge in [0.05, 0.1) is 5.02 Å². The molecule has 0 aliphatic rings. The third kappa shape index (κ3) is 2.00. The molecule has 5 heteroatoms. The molecule has 0 unspecified atom stereocenters. The van der Waals surface area contributed by atoms with E-state index in [1.165, 1.54) is 6.26 Å². The highest BCUT2D eigenvalue weighted by molar-refractivity contribution is 6.35. The fourth-order valence-corrected chi connectivity index (χ4v) is 1.37. The Morgan fingerprint density at radius 1 is 1.21 bits per heavy atom. The third-order valence-electron chi connectivity index (χ3n) is 1.52. The van der Waals surface area contributed by atoms with Gasteiger partial charge < -0.3 is 9.26 Å². The Labute approximate surface area is 90.2 Å². The average Bonchev–Trinajstić information content (AvgIpc) is 2.62. The van der Waals surface area contributed by atoms with Crippen LogP contribution in [0.5, 0.6) is 11.6 Å². The molecule has 0 spiro atoms. The predicted molar refractivity (Wildman–Crippen MR) is 53.0 cm³/mol. The first kappa shape index (κ1) is 9.37. The van der Waals surface area contributed by atoms with Crippen LogP contribution >= 0.6 is 23.2 Å². The minimum atomic E-state index is 0.356. The Hall–Kier alpha value is -1.19. The van der Waals surface area contributed by atoms with Gasteiger partial charge in [0.25, 0.3) is 5.88 Å². The van der Waals surface area contributed by atoms with Crippen molar-refractivity contribution in [2.24, 2.45) is 0 Å². The zero-order valence-corrected chi connectivity index (χ0v) is 8.42. The molecule has 1 heterocycles. The molecule has 0 N–H and O–H groups in total. The minimum absolute atomic E-state index is 0.356. The summed E-state index contributed by atoms with van der Waals surface area (Å²) >= 11 is 11.6. The molecule has 0 amide bonds. The highest BCUT2D eigenvalue weighted by atomic mass is 35.5. The van der Waals surface area contributed by atoms with Crippen LogP contribution in [0.25, 0.3) is 0 Å². The molecular weight excluding hydrogens is 225 g/mol. The van der Waals surface area contributed by atoms with Gasteiger partial charge in [0.15, 0.2) is 0 Å². The Bertz CT molecular complexity index is 428. The van der Waals surface area contributed by atoms with Crippen molar-refractivity contribution in [1.82, 2.24) is 5.16 Å². The van der Waals surface area contributed by atoms with Crippen molar-refractivity contribution >= 4 is 23.2 Å². The zero-order chi connectivity index (χ0) is 9.97. The molecule has 0 saturated heterocycles. The molecular formula is C9H5Cl2NO2. The maximum atomic E-state index is 5.88. The zero-order valence-electron chi connectivity index (χ0n) is 6.91. The number of rotatable bonds is 2. The summed E-state index contributed by atoms with van der Waals surface area (Å²) in [6, 6.07) is 6.53. The van der Waals surface area contributed by atoms with Gasteiger partial charge in [-0.2, -0.15) is 0 Å². The standard InChI is InChI=1S/C9H5Cl2NO2/c10-6-1-2-8(7(11)5-6)14-9-3-4-13-12-9/h1-5H. The van der Waals surface area contributed by atoms with E-state index in [1.807, 2.05) is 0 Å². The van der Waals surface area contributed by atoms with Gasteiger partial charge in [-0.25, -0.2) is 0 Å². The number of halogens is 2.